The number of aromatic amines is 1. The zero-order chi connectivity index (χ0) is 23.0. The third-order valence-electron chi connectivity index (χ3n) is 5.52. The zero-order valence-electron chi connectivity index (χ0n) is 18.7. The van der Waals surface area contributed by atoms with Gasteiger partial charge in [-0.2, -0.15) is 0 Å². The van der Waals surface area contributed by atoms with Crippen LogP contribution in [0.15, 0.2) is 54.9 Å². The third-order valence-corrected chi connectivity index (χ3v) is 5.52. The molecule has 0 bridgehead atoms. The number of H-pyrrole nitrogens is 1. The number of para-hydroxylation sites is 1. The number of amides is 1. The Bertz CT molecular complexity index is 1080. The number of rotatable bonds is 10. The Balaban J connectivity index is 1.54. The van der Waals surface area contributed by atoms with Crippen molar-refractivity contribution in [1.82, 2.24) is 14.9 Å². The van der Waals surface area contributed by atoms with Crippen molar-refractivity contribution in [3.05, 3.63) is 66.1 Å². The molecule has 2 N–H and O–H groups in total. The first-order chi connectivity index (χ1) is 16.2. The van der Waals surface area contributed by atoms with Gasteiger partial charge < -0.3 is 24.7 Å². The van der Waals surface area contributed by atoms with Crippen LogP contribution in [-0.4, -0.2) is 60.0 Å². The summed E-state index contributed by atoms with van der Waals surface area (Å²) < 4.78 is 10.4. The number of Topliss-reactive ketones (excluding diaryl/α,β-unsaturated/α-hetero) is 1. The lowest BCUT2D eigenvalue weighted by molar-refractivity contribution is -0.132. The molecule has 3 heterocycles. The average Bonchev–Trinajstić information content (AvgIpc) is 3.21. The molecule has 172 valence electrons. The molecule has 0 unspecified atom stereocenters. The second kappa shape index (κ2) is 10.9. The van der Waals surface area contributed by atoms with Gasteiger partial charge in [-0.25, -0.2) is 0 Å². The minimum atomic E-state index is -0.0871. The van der Waals surface area contributed by atoms with Crippen LogP contribution in [0.2, 0.25) is 0 Å². The number of hydrogen-bond donors (Lipinski definition) is 2. The molecule has 0 saturated carbocycles. The van der Waals surface area contributed by atoms with E-state index in [2.05, 4.69) is 15.3 Å². The number of aromatic nitrogens is 2. The van der Waals surface area contributed by atoms with Gasteiger partial charge in [0.1, 0.15) is 0 Å². The maximum absolute atomic E-state index is 13.2. The summed E-state index contributed by atoms with van der Waals surface area (Å²) in [6.07, 6.45) is 4.37. The SMILES string of the molecule is COCCOCCCC(=O)N1CC(=O)c2c([nH]c(-c3ccncc3)c2Nc2ccccc2)C1. The Hall–Kier alpha value is -3.49. The average molecular weight is 449 g/mol. The molecule has 4 rings (SSSR count). The molecule has 0 atom stereocenters. The molecule has 8 nitrogen and oxygen atoms in total. The first-order valence-electron chi connectivity index (χ1n) is 11.0. The van der Waals surface area contributed by atoms with Gasteiger partial charge in [-0.1, -0.05) is 18.2 Å². The summed E-state index contributed by atoms with van der Waals surface area (Å²) >= 11 is 0. The highest BCUT2D eigenvalue weighted by molar-refractivity contribution is 6.09. The number of pyridine rings is 1. The lowest BCUT2D eigenvalue weighted by Gasteiger charge is -2.26. The third kappa shape index (κ3) is 5.47. The quantitative estimate of drug-likeness (QED) is 0.458. The van der Waals surface area contributed by atoms with Crippen LogP contribution in [-0.2, 0) is 20.8 Å². The number of ether oxygens (including phenoxy) is 2. The molecule has 1 aliphatic heterocycles. The lowest BCUT2D eigenvalue weighted by Crippen LogP contribution is -2.39. The smallest absolute Gasteiger partial charge is 0.223 e. The van der Waals surface area contributed by atoms with Gasteiger partial charge in [0.2, 0.25) is 5.91 Å². The first-order valence-corrected chi connectivity index (χ1v) is 11.0. The molecule has 2 aromatic heterocycles. The standard InChI is InChI=1S/C25H28N4O4/c1-32-14-15-33-13-5-8-22(31)29-16-20-23(21(30)17-29)25(27-19-6-3-2-4-7-19)24(28-20)18-9-11-26-12-10-18/h2-4,6-7,9-12,27-28H,5,8,13-17H2,1H3. The van der Waals surface area contributed by atoms with Crippen LogP contribution in [0.1, 0.15) is 28.9 Å². The highest BCUT2D eigenvalue weighted by atomic mass is 16.5. The fourth-order valence-electron chi connectivity index (χ4n) is 3.91. The van der Waals surface area contributed by atoms with Crippen molar-refractivity contribution in [2.45, 2.75) is 19.4 Å². The number of nitrogens with zero attached hydrogens (tertiary/aromatic N) is 2. The van der Waals surface area contributed by atoms with Crippen molar-refractivity contribution in [2.24, 2.45) is 0 Å². The minimum absolute atomic E-state index is 0.0537. The fraction of sp³-hybridized carbons (Fsp3) is 0.320. The van der Waals surface area contributed by atoms with Crippen LogP contribution in [0.5, 0.6) is 0 Å². The Morgan fingerprint density at radius 3 is 2.64 bits per heavy atom. The summed E-state index contributed by atoms with van der Waals surface area (Å²) in [5.74, 6) is -0.141. The summed E-state index contributed by atoms with van der Waals surface area (Å²) in [6.45, 7) is 1.95. The van der Waals surface area contributed by atoms with Crippen molar-refractivity contribution in [2.75, 3.05) is 38.8 Å². The van der Waals surface area contributed by atoms with Gasteiger partial charge in [-0.15, -0.1) is 0 Å². The van der Waals surface area contributed by atoms with Gasteiger partial charge in [0.05, 0.1) is 43.2 Å². The van der Waals surface area contributed by atoms with E-state index >= 15 is 0 Å². The van der Waals surface area contributed by atoms with Gasteiger partial charge >= 0.3 is 0 Å². The van der Waals surface area contributed by atoms with E-state index in [1.165, 1.54) is 0 Å². The summed E-state index contributed by atoms with van der Waals surface area (Å²) in [5.41, 5.74) is 4.68. The molecular weight excluding hydrogens is 420 g/mol. The van der Waals surface area contributed by atoms with Crippen LogP contribution in [0, 0.1) is 0 Å². The second-order valence-corrected chi connectivity index (χ2v) is 7.84. The first kappa shape index (κ1) is 22.7. The highest BCUT2D eigenvalue weighted by Gasteiger charge is 2.32. The number of benzene rings is 1. The molecule has 3 aromatic rings. The predicted octanol–water partition coefficient (Wildman–Crippen LogP) is 3.79. The molecule has 0 spiro atoms. The molecule has 0 saturated heterocycles. The number of hydrogen-bond acceptors (Lipinski definition) is 6. The molecule has 0 fully saturated rings. The zero-order valence-corrected chi connectivity index (χ0v) is 18.7. The number of nitrogens with one attached hydrogen (secondary N) is 2. The van der Waals surface area contributed by atoms with Crippen LogP contribution in [0.4, 0.5) is 11.4 Å². The normalized spacial score (nSPS) is 13.1. The van der Waals surface area contributed by atoms with E-state index in [9.17, 15) is 9.59 Å². The van der Waals surface area contributed by atoms with E-state index in [1.807, 2.05) is 42.5 Å². The van der Waals surface area contributed by atoms with Crippen molar-refractivity contribution in [1.29, 1.82) is 0 Å². The van der Waals surface area contributed by atoms with Gasteiger partial charge in [0.25, 0.3) is 0 Å². The van der Waals surface area contributed by atoms with Gasteiger partial charge in [-0.05, 0) is 30.7 Å². The minimum Gasteiger partial charge on any atom is -0.382 e. The molecule has 0 aliphatic carbocycles. The van der Waals surface area contributed by atoms with Gasteiger partial charge in [0, 0.05) is 49.5 Å². The second-order valence-electron chi connectivity index (χ2n) is 7.84. The van der Waals surface area contributed by atoms with Gasteiger partial charge in [-0.3, -0.25) is 14.6 Å². The lowest BCUT2D eigenvalue weighted by atomic mass is 10.0. The maximum Gasteiger partial charge on any atom is 0.223 e. The van der Waals surface area contributed by atoms with Crippen LogP contribution >= 0.6 is 0 Å². The predicted molar refractivity (Wildman–Crippen MR) is 125 cm³/mol. The van der Waals surface area contributed by atoms with Crippen molar-refractivity contribution in [3.8, 4) is 11.3 Å². The number of anilines is 2. The number of fused-ring (bicyclic) bond motifs is 1. The van der Waals surface area contributed by atoms with Crippen LogP contribution < -0.4 is 5.32 Å². The van der Waals surface area contributed by atoms with Crippen molar-refractivity contribution in [3.63, 3.8) is 0 Å². The molecule has 1 aromatic carbocycles. The van der Waals surface area contributed by atoms with E-state index in [-0.39, 0.29) is 18.2 Å². The van der Waals surface area contributed by atoms with E-state index in [0.717, 1.165) is 28.3 Å². The Morgan fingerprint density at radius 2 is 1.88 bits per heavy atom. The number of carbonyl (C=O) groups excluding carboxylic acids is 2. The molecule has 8 heteroatoms. The molecule has 33 heavy (non-hydrogen) atoms. The Morgan fingerprint density at radius 1 is 1.09 bits per heavy atom. The van der Waals surface area contributed by atoms with Crippen molar-refractivity contribution < 1.29 is 19.1 Å². The molecular formula is C25H28N4O4. The van der Waals surface area contributed by atoms with Crippen LogP contribution in [0.25, 0.3) is 11.3 Å². The number of carbonyl (C=O) groups is 2. The molecule has 0 radical (unpaired) electrons. The Labute approximate surface area is 192 Å². The topological polar surface area (TPSA) is 96.5 Å². The van der Waals surface area contributed by atoms with Crippen molar-refractivity contribution >= 4 is 23.1 Å². The maximum atomic E-state index is 13.2. The highest BCUT2D eigenvalue weighted by Crippen LogP contribution is 2.37. The number of ketones is 1. The van der Waals surface area contributed by atoms with E-state index in [4.69, 9.17) is 9.47 Å². The van der Waals surface area contributed by atoms with Crippen LogP contribution in [0.3, 0.4) is 0 Å². The summed E-state index contributed by atoms with van der Waals surface area (Å²) in [7, 11) is 1.62. The fourth-order valence-corrected chi connectivity index (χ4v) is 3.91. The Kier molecular flexibility index (Phi) is 7.49. The summed E-state index contributed by atoms with van der Waals surface area (Å²) in [6, 6.07) is 13.5. The summed E-state index contributed by atoms with van der Waals surface area (Å²) in [5, 5.41) is 3.41. The van der Waals surface area contributed by atoms with E-state index in [0.29, 0.717) is 44.8 Å². The monoisotopic (exact) mass is 448 g/mol. The number of methoxy groups -OCH3 is 1. The molecule has 1 amide bonds. The summed E-state index contributed by atoms with van der Waals surface area (Å²) in [4.78, 5) is 35.1. The molecule has 1 aliphatic rings. The van der Waals surface area contributed by atoms with E-state index in [1.54, 1.807) is 24.4 Å². The van der Waals surface area contributed by atoms with E-state index < -0.39 is 0 Å². The largest absolute Gasteiger partial charge is 0.382 e. The van der Waals surface area contributed by atoms with Gasteiger partial charge in [0.15, 0.2) is 5.78 Å².